The Morgan fingerprint density at radius 1 is 1.04 bits per heavy atom. The summed E-state index contributed by atoms with van der Waals surface area (Å²) in [4.78, 5) is 47.2. The van der Waals surface area contributed by atoms with Crippen molar-refractivity contribution in [2.75, 3.05) is 6.54 Å². The molecule has 0 atom stereocenters. The van der Waals surface area contributed by atoms with Crippen molar-refractivity contribution >= 4 is 11.8 Å². The first-order chi connectivity index (χ1) is 12.9. The molecule has 1 heterocycles. The van der Waals surface area contributed by atoms with E-state index >= 15 is 0 Å². The number of benzene rings is 1. The molecule has 0 spiro atoms. The van der Waals surface area contributed by atoms with Gasteiger partial charge in [-0.25, -0.2) is 4.79 Å². The van der Waals surface area contributed by atoms with E-state index in [2.05, 4.69) is 17.6 Å². The Hall–Kier alpha value is -3.16. The topological polar surface area (TPSA) is 102 Å². The lowest BCUT2D eigenvalue weighted by molar-refractivity contribution is -0.121. The van der Waals surface area contributed by atoms with Crippen molar-refractivity contribution < 1.29 is 9.59 Å². The quantitative estimate of drug-likeness (QED) is 0.655. The molecule has 1 aromatic heterocycles. The highest BCUT2D eigenvalue weighted by Gasteiger charge is 2.08. The zero-order valence-corrected chi connectivity index (χ0v) is 15.5. The molecule has 2 rings (SSSR count). The average Bonchev–Trinajstić information content (AvgIpc) is 2.67. The monoisotopic (exact) mass is 372 g/mol. The standard InChI is InChI=1S/C19H24N4O4/c1-3-4-10-20-18(26)15-7-5-14(6-8-15)12-21-16(24)13-23-11-9-17(25)22(2)19(23)27/h5-9,11H,3-4,10,12-13H2,1-2H3,(H,20,26)(H,21,24). The minimum Gasteiger partial charge on any atom is -0.352 e. The second-order valence-corrected chi connectivity index (χ2v) is 6.21. The first-order valence-corrected chi connectivity index (χ1v) is 8.82. The second kappa shape index (κ2) is 9.51. The lowest BCUT2D eigenvalue weighted by Crippen LogP contribution is -2.40. The Labute approximate surface area is 156 Å². The van der Waals surface area contributed by atoms with Crippen LogP contribution in [-0.4, -0.2) is 27.5 Å². The average molecular weight is 372 g/mol. The van der Waals surface area contributed by atoms with Gasteiger partial charge in [-0.15, -0.1) is 0 Å². The van der Waals surface area contributed by atoms with E-state index in [0.29, 0.717) is 12.1 Å². The van der Waals surface area contributed by atoms with Gasteiger partial charge >= 0.3 is 5.69 Å². The molecule has 0 aliphatic heterocycles. The van der Waals surface area contributed by atoms with Gasteiger partial charge in [0.2, 0.25) is 5.91 Å². The molecule has 0 fully saturated rings. The minimum atomic E-state index is -0.545. The lowest BCUT2D eigenvalue weighted by atomic mass is 10.1. The predicted octanol–water partition coefficient (Wildman–Crippen LogP) is 0.393. The van der Waals surface area contributed by atoms with E-state index in [0.717, 1.165) is 23.0 Å². The summed E-state index contributed by atoms with van der Waals surface area (Å²) in [6, 6.07) is 8.19. The lowest BCUT2D eigenvalue weighted by Gasteiger charge is -2.09. The number of nitrogens with one attached hydrogen (secondary N) is 2. The third kappa shape index (κ3) is 5.67. The molecule has 0 saturated carbocycles. The third-order valence-corrected chi connectivity index (χ3v) is 4.10. The van der Waals surface area contributed by atoms with Gasteiger partial charge in [0, 0.05) is 38.0 Å². The van der Waals surface area contributed by atoms with Crippen LogP contribution in [0.5, 0.6) is 0 Å². The minimum absolute atomic E-state index is 0.117. The SMILES string of the molecule is CCCCNC(=O)c1ccc(CNC(=O)Cn2ccc(=O)n(C)c2=O)cc1. The molecular weight excluding hydrogens is 348 g/mol. The molecule has 8 heteroatoms. The summed E-state index contributed by atoms with van der Waals surface area (Å²) in [6.07, 6.45) is 3.26. The maximum atomic E-state index is 12.0. The molecule has 0 aliphatic carbocycles. The Morgan fingerprint density at radius 2 is 1.74 bits per heavy atom. The highest BCUT2D eigenvalue weighted by Crippen LogP contribution is 2.04. The fourth-order valence-electron chi connectivity index (χ4n) is 2.40. The van der Waals surface area contributed by atoms with Gasteiger partial charge in [0.15, 0.2) is 0 Å². The fraction of sp³-hybridized carbons (Fsp3) is 0.368. The number of aromatic nitrogens is 2. The molecule has 0 unspecified atom stereocenters. The molecule has 2 N–H and O–H groups in total. The van der Waals surface area contributed by atoms with Gasteiger partial charge in [-0.1, -0.05) is 25.5 Å². The number of carbonyl (C=O) groups excluding carboxylic acids is 2. The molecule has 0 aliphatic rings. The molecule has 0 radical (unpaired) electrons. The number of nitrogens with zero attached hydrogens (tertiary/aromatic N) is 2. The van der Waals surface area contributed by atoms with Gasteiger partial charge in [-0.2, -0.15) is 0 Å². The molecule has 8 nitrogen and oxygen atoms in total. The highest BCUT2D eigenvalue weighted by atomic mass is 16.2. The van der Waals surface area contributed by atoms with Crippen molar-refractivity contribution in [2.45, 2.75) is 32.9 Å². The number of rotatable bonds is 8. The van der Waals surface area contributed by atoms with Crippen LogP contribution < -0.4 is 21.9 Å². The Bertz CT molecular complexity index is 913. The molecule has 27 heavy (non-hydrogen) atoms. The van der Waals surface area contributed by atoms with E-state index < -0.39 is 11.2 Å². The Kier molecular flexibility index (Phi) is 7.10. The van der Waals surface area contributed by atoms with Gasteiger partial charge in [0.1, 0.15) is 6.54 Å². The van der Waals surface area contributed by atoms with Gasteiger partial charge in [0.25, 0.3) is 11.5 Å². The molecule has 0 saturated heterocycles. The zero-order valence-electron chi connectivity index (χ0n) is 15.5. The third-order valence-electron chi connectivity index (χ3n) is 4.10. The summed E-state index contributed by atoms with van der Waals surface area (Å²) in [5, 5.41) is 5.56. The maximum Gasteiger partial charge on any atom is 0.331 e. The van der Waals surface area contributed by atoms with Crippen LogP contribution >= 0.6 is 0 Å². The van der Waals surface area contributed by atoms with Crippen molar-refractivity contribution in [3.05, 3.63) is 68.5 Å². The van der Waals surface area contributed by atoms with Gasteiger partial charge in [-0.05, 0) is 24.1 Å². The first kappa shape index (κ1) is 20.2. The summed E-state index contributed by atoms with van der Waals surface area (Å²) in [5.74, 6) is -0.467. The van der Waals surface area contributed by atoms with Crippen molar-refractivity contribution in [1.82, 2.24) is 19.8 Å². The normalized spacial score (nSPS) is 10.4. The number of amides is 2. The van der Waals surface area contributed by atoms with Gasteiger partial charge in [0.05, 0.1) is 0 Å². The predicted molar refractivity (Wildman–Crippen MR) is 101 cm³/mol. The smallest absolute Gasteiger partial charge is 0.331 e. The molecule has 1 aromatic carbocycles. The van der Waals surface area contributed by atoms with Gasteiger partial charge < -0.3 is 10.6 Å². The summed E-state index contributed by atoms with van der Waals surface area (Å²) in [5.41, 5.74) is 0.436. The highest BCUT2D eigenvalue weighted by molar-refractivity contribution is 5.94. The van der Waals surface area contributed by atoms with E-state index in [9.17, 15) is 19.2 Å². The number of unbranched alkanes of at least 4 members (excludes halogenated alkanes) is 1. The molecule has 2 aromatic rings. The van der Waals surface area contributed by atoms with Crippen LogP contribution in [0, 0.1) is 0 Å². The Balaban J connectivity index is 1.88. The maximum absolute atomic E-state index is 12.0. The van der Waals surface area contributed by atoms with Crippen LogP contribution in [0.25, 0.3) is 0 Å². The first-order valence-electron chi connectivity index (χ1n) is 8.82. The second-order valence-electron chi connectivity index (χ2n) is 6.21. The van der Waals surface area contributed by atoms with Crippen molar-refractivity contribution in [1.29, 1.82) is 0 Å². The summed E-state index contributed by atoms with van der Waals surface area (Å²) < 4.78 is 2.11. The van der Waals surface area contributed by atoms with E-state index in [1.165, 1.54) is 23.9 Å². The number of carbonyl (C=O) groups is 2. The summed E-state index contributed by atoms with van der Waals surface area (Å²) in [6.45, 7) is 2.81. The zero-order chi connectivity index (χ0) is 19.8. The van der Waals surface area contributed by atoms with E-state index in [1.54, 1.807) is 24.3 Å². The molecule has 2 amide bonds. The van der Waals surface area contributed by atoms with E-state index in [-0.39, 0.29) is 24.9 Å². The largest absolute Gasteiger partial charge is 0.352 e. The van der Waals surface area contributed by atoms with Crippen molar-refractivity contribution in [2.24, 2.45) is 7.05 Å². The van der Waals surface area contributed by atoms with Crippen LogP contribution in [0.1, 0.15) is 35.7 Å². The van der Waals surface area contributed by atoms with Crippen molar-refractivity contribution in [3.8, 4) is 0 Å². The van der Waals surface area contributed by atoms with Crippen LogP contribution in [0.15, 0.2) is 46.1 Å². The Morgan fingerprint density at radius 3 is 2.41 bits per heavy atom. The summed E-state index contributed by atoms with van der Waals surface area (Å²) >= 11 is 0. The van der Waals surface area contributed by atoms with Gasteiger partial charge in [-0.3, -0.25) is 23.5 Å². The molecule has 0 bridgehead atoms. The molecule has 144 valence electrons. The number of hydrogen-bond donors (Lipinski definition) is 2. The fourth-order valence-corrected chi connectivity index (χ4v) is 2.40. The van der Waals surface area contributed by atoms with Crippen LogP contribution in [-0.2, 0) is 24.9 Å². The molecular formula is C19H24N4O4. The van der Waals surface area contributed by atoms with Crippen LogP contribution in [0.2, 0.25) is 0 Å². The van der Waals surface area contributed by atoms with Crippen LogP contribution in [0.3, 0.4) is 0 Å². The summed E-state index contributed by atoms with van der Waals surface area (Å²) in [7, 11) is 1.36. The van der Waals surface area contributed by atoms with E-state index in [4.69, 9.17) is 0 Å². The van der Waals surface area contributed by atoms with Crippen LogP contribution in [0.4, 0.5) is 0 Å². The number of hydrogen-bond acceptors (Lipinski definition) is 4. The van der Waals surface area contributed by atoms with Crippen molar-refractivity contribution in [3.63, 3.8) is 0 Å². The van der Waals surface area contributed by atoms with E-state index in [1.807, 2.05) is 0 Å².